The molecular weight excluding hydrogens is 158 g/mol. The lowest BCUT2D eigenvalue weighted by molar-refractivity contribution is 0.607. The van der Waals surface area contributed by atoms with Crippen molar-refractivity contribution in [3.05, 3.63) is 0 Å². The minimum Gasteiger partial charge on any atom is -0.447 e. The Bertz CT molecular complexity index is 217. The SMILES string of the molecule is O[B]c1nc([B]O)nc([B]O)n1. The molecule has 0 bridgehead atoms. The second-order valence-corrected chi connectivity index (χ2v) is 1.80. The van der Waals surface area contributed by atoms with Crippen LogP contribution in [-0.4, -0.2) is 52.5 Å². The summed E-state index contributed by atoms with van der Waals surface area (Å²) in [6.45, 7) is 0. The van der Waals surface area contributed by atoms with Crippen LogP contribution in [0.1, 0.15) is 0 Å². The van der Waals surface area contributed by atoms with E-state index in [-0.39, 0.29) is 17.2 Å². The summed E-state index contributed by atoms with van der Waals surface area (Å²) >= 11 is 0. The highest BCUT2D eigenvalue weighted by molar-refractivity contribution is 6.49. The van der Waals surface area contributed by atoms with E-state index in [1.54, 1.807) is 0 Å². The van der Waals surface area contributed by atoms with Gasteiger partial charge in [-0.3, -0.25) is 0 Å². The van der Waals surface area contributed by atoms with Gasteiger partial charge in [-0.25, -0.2) is 15.0 Å². The van der Waals surface area contributed by atoms with Crippen molar-refractivity contribution in [2.75, 3.05) is 0 Å². The third-order valence-electron chi connectivity index (χ3n) is 1.03. The normalized spacial score (nSPS) is 9.25. The van der Waals surface area contributed by atoms with E-state index in [2.05, 4.69) is 15.0 Å². The third kappa shape index (κ3) is 2.03. The van der Waals surface area contributed by atoms with Crippen LogP contribution >= 0.6 is 0 Å². The standard InChI is InChI=1S/C3H3B3N3O3/c10-4-1-7-2(5-11)9-3(6-12)8-1/h10-12H. The molecule has 1 aromatic heterocycles. The van der Waals surface area contributed by atoms with Crippen LogP contribution in [0.5, 0.6) is 0 Å². The Morgan fingerprint density at radius 1 is 0.667 bits per heavy atom. The third-order valence-corrected chi connectivity index (χ3v) is 1.03. The zero-order valence-corrected chi connectivity index (χ0v) is 5.92. The molecule has 0 aliphatic rings. The molecule has 1 heterocycles. The number of aromatic nitrogens is 3. The van der Waals surface area contributed by atoms with Gasteiger partial charge in [0.05, 0.1) is 0 Å². The molecule has 0 saturated heterocycles. The highest BCUT2D eigenvalue weighted by Gasteiger charge is 2.07. The van der Waals surface area contributed by atoms with Crippen LogP contribution in [0.15, 0.2) is 0 Å². The molecule has 0 aromatic carbocycles. The zero-order valence-electron chi connectivity index (χ0n) is 5.92. The lowest BCUT2D eigenvalue weighted by Gasteiger charge is -1.98. The molecule has 1 aromatic rings. The smallest absolute Gasteiger partial charge is 0.375 e. The Morgan fingerprint density at radius 2 is 0.917 bits per heavy atom. The van der Waals surface area contributed by atoms with Crippen molar-refractivity contribution in [2.45, 2.75) is 0 Å². The summed E-state index contributed by atoms with van der Waals surface area (Å²) in [7, 11) is 1.92. The summed E-state index contributed by atoms with van der Waals surface area (Å²) in [5, 5.41) is 25.5. The van der Waals surface area contributed by atoms with Gasteiger partial charge in [0.1, 0.15) is 17.2 Å². The van der Waals surface area contributed by atoms with Gasteiger partial charge in [0.25, 0.3) is 0 Å². The summed E-state index contributed by atoms with van der Waals surface area (Å²) in [6, 6.07) is 0. The first-order chi connectivity index (χ1) is 5.80. The number of rotatable bonds is 3. The number of hydrogen-bond donors (Lipinski definition) is 3. The van der Waals surface area contributed by atoms with Crippen molar-refractivity contribution in [3.63, 3.8) is 0 Å². The van der Waals surface area contributed by atoms with Gasteiger partial charge in [-0.15, -0.1) is 0 Å². The van der Waals surface area contributed by atoms with Crippen LogP contribution in [0.4, 0.5) is 0 Å². The molecule has 0 amide bonds. The monoisotopic (exact) mass is 162 g/mol. The van der Waals surface area contributed by atoms with Crippen molar-refractivity contribution < 1.29 is 15.1 Å². The Kier molecular flexibility index (Phi) is 3.21. The van der Waals surface area contributed by atoms with Crippen LogP contribution < -0.4 is 17.2 Å². The predicted molar refractivity (Wildman–Crippen MR) is 42.6 cm³/mol. The molecule has 0 unspecified atom stereocenters. The lowest BCUT2D eigenvalue weighted by atomic mass is 9.94. The van der Waals surface area contributed by atoms with E-state index in [9.17, 15) is 0 Å². The molecule has 3 radical (unpaired) electrons. The Morgan fingerprint density at radius 3 is 1.08 bits per heavy atom. The molecule has 0 spiro atoms. The molecule has 0 fully saturated rings. The van der Waals surface area contributed by atoms with Gasteiger partial charge in [0.2, 0.25) is 0 Å². The van der Waals surface area contributed by atoms with Crippen LogP contribution in [0.2, 0.25) is 0 Å². The van der Waals surface area contributed by atoms with E-state index in [1.165, 1.54) is 0 Å². The molecule has 0 aliphatic carbocycles. The van der Waals surface area contributed by atoms with Gasteiger partial charge in [-0.2, -0.15) is 0 Å². The van der Waals surface area contributed by atoms with Crippen LogP contribution in [0, 0.1) is 0 Å². The van der Waals surface area contributed by atoms with Crippen LogP contribution in [0.25, 0.3) is 0 Å². The fraction of sp³-hybridized carbons (Fsp3) is 0. The van der Waals surface area contributed by atoms with E-state index in [1.807, 2.05) is 0 Å². The van der Waals surface area contributed by atoms with E-state index in [0.717, 1.165) is 0 Å². The zero-order chi connectivity index (χ0) is 8.97. The molecule has 1 rings (SSSR count). The molecule has 0 saturated carbocycles. The lowest BCUT2D eigenvalue weighted by Crippen LogP contribution is -2.43. The van der Waals surface area contributed by atoms with Crippen molar-refractivity contribution >= 4 is 39.6 Å². The second-order valence-electron chi connectivity index (χ2n) is 1.80. The quantitative estimate of drug-likeness (QED) is 0.383. The topological polar surface area (TPSA) is 99.4 Å². The minimum atomic E-state index is -0.0365. The molecule has 12 heavy (non-hydrogen) atoms. The van der Waals surface area contributed by atoms with Gasteiger partial charge in [-0.05, 0) is 0 Å². The number of nitrogens with zero attached hydrogens (tertiary/aromatic N) is 3. The van der Waals surface area contributed by atoms with Crippen LogP contribution in [-0.2, 0) is 0 Å². The van der Waals surface area contributed by atoms with Crippen molar-refractivity contribution in [1.82, 2.24) is 15.0 Å². The fourth-order valence-electron chi connectivity index (χ4n) is 0.600. The Hall–Kier alpha value is -0.915. The minimum absolute atomic E-state index is 0.0365. The van der Waals surface area contributed by atoms with Gasteiger partial charge in [0.15, 0.2) is 0 Å². The molecule has 57 valence electrons. The van der Waals surface area contributed by atoms with Crippen molar-refractivity contribution in [1.29, 1.82) is 0 Å². The van der Waals surface area contributed by atoms with Crippen LogP contribution in [0.3, 0.4) is 0 Å². The summed E-state index contributed by atoms with van der Waals surface area (Å²) in [5.74, 6) is 0. The van der Waals surface area contributed by atoms with Gasteiger partial charge >= 0.3 is 22.4 Å². The van der Waals surface area contributed by atoms with Crippen molar-refractivity contribution in [2.24, 2.45) is 0 Å². The molecular formula is C3H3B3N3O3. The predicted octanol–water partition coefficient (Wildman–Crippen LogP) is -5.42. The largest absolute Gasteiger partial charge is 0.447 e. The molecule has 0 aliphatic heterocycles. The fourth-order valence-corrected chi connectivity index (χ4v) is 0.600. The van der Waals surface area contributed by atoms with E-state index >= 15 is 0 Å². The van der Waals surface area contributed by atoms with E-state index in [0.29, 0.717) is 22.4 Å². The molecule has 3 N–H and O–H groups in total. The maximum absolute atomic E-state index is 8.51. The molecule has 6 nitrogen and oxygen atoms in total. The van der Waals surface area contributed by atoms with Gasteiger partial charge in [-0.1, -0.05) is 0 Å². The average molecular weight is 162 g/mol. The molecule has 0 atom stereocenters. The highest BCUT2D eigenvalue weighted by Crippen LogP contribution is 1.58. The van der Waals surface area contributed by atoms with Crippen molar-refractivity contribution in [3.8, 4) is 0 Å². The van der Waals surface area contributed by atoms with E-state index in [4.69, 9.17) is 15.1 Å². The summed E-state index contributed by atoms with van der Waals surface area (Å²) in [6.07, 6.45) is 0. The maximum Gasteiger partial charge on any atom is 0.375 e. The number of hydrogen-bond acceptors (Lipinski definition) is 6. The Labute approximate surface area is 70.5 Å². The van der Waals surface area contributed by atoms with E-state index < -0.39 is 0 Å². The first kappa shape index (κ1) is 9.18. The highest BCUT2D eigenvalue weighted by atomic mass is 16.2. The summed E-state index contributed by atoms with van der Waals surface area (Å²) in [5.41, 5.74) is -0.109. The first-order valence-electron chi connectivity index (χ1n) is 2.98. The second kappa shape index (κ2) is 4.20. The maximum atomic E-state index is 8.51. The average Bonchev–Trinajstić information content (AvgIpc) is 2.16. The Balaban J connectivity index is 3.01. The van der Waals surface area contributed by atoms with Gasteiger partial charge in [0, 0.05) is 0 Å². The summed E-state index contributed by atoms with van der Waals surface area (Å²) < 4.78 is 0. The summed E-state index contributed by atoms with van der Waals surface area (Å²) in [4.78, 5) is 10.7. The van der Waals surface area contributed by atoms with Gasteiger partial charge < -0.3 is 15.1 Å². The first-order valence-corrected chi connectivity index (χ1v) is 2.98. The molecule has 9 heteroatoms.